The van der Waals surface area contributed by atoms with E-state index in [-0.39, 0.29) is 6.17 Å². The average molecular weight is 777 g/mol. The fourth-order valence-corrected chi connectivity index (χ4v) is 11.0. The standard InChI is InChI=1S/C52H32N4S2/c1-3-13-31(14-4-1)48-39-27-26-36-41-30-34(25-28-44(41)58-49(36)47(39)37-19-7-9-22-42(37)53-48)33-17-11-18-35(29-33)51-54-50(32-15-5-2-6-16-32)55-52(56-51)40-21-12-24-45-46(40)38-20-8-10-23-43(38)57-45/h1-30,51H,(H,54,55,56). The lowest BCUT2D eigenvalue weighted by molar-refractivity contribution is 0.674. The minimum absolute atomic E-state index is 0.333. The van der Waals surface area contributed by atoms with Gasteiger partial charge in [0, 0.05) is 73.2 Å². The molecule has 0 aliphatic carbocycles. The fourth-order valence-electron chi connectivity index (χ4n) is 8.60. The monoisotopic (exact) mass is 776 g/mol. The Balaban J connectivity index is 0.987. The number of amidine groups is 2. The summed E-state index contributed by atoms with van der Waals surface area (Å²) in [4.78, 5) is 15.7. The summed E-state index contributed by atoms with van der Waals surface area (Å²) in [5, 5.41) is 12.3. The van der Waals surface area contributed by atoms with Gasteiger partial charge in [-0.3, -0.25) is 0 Å². The van der Waals surface area contributed by atoms with Crippen LogP contribution < -0.4 is 5.32 Å². The lowest BCUT2D eigenvalue weighted by Crippen LogP contribution is -2.33. The van der Waals surface area contributed by atoms with Crippen molar-refractivity contribution in [3.05, 3.63) is 199 Å². The third kappa shape index (κ3) is 5.37. The van der Waals surface area contributed by atoms with E-state index in [9.17, 15) is 0 Å². The lowest BCUT2D eigenvalue weighted by Gasteiger charge is -2.24. The second-order valence-electron chi connectivity index (χ2n) is 14.7. The lowest BCUT2D eigenvalue weighted by atomic mass is 9.97. The fraction of sp³-hybridized carbons (Fsp3) is 0.0192. The molecular weight excluding hydrogens is 745 g/mol. The van der Waals surface area contributed by atoms with E-state index in [4.69, 9.17) is 15.0 Å². The van der Waals surface area contributed by atoms with Crippen LogP contribution in [0.4, 0.5) is 0 Å². The van der Waals surface area contributed by atoms with Crippen LogP contribution in [0.15, 0.2) is 192 Å². The van der Waals surface area contributed by atoms with Crippen molar-refractivity contribution in [3.63, 3.8) is 0 Å². The first-order valence-corrected chi connectivity index (χ1v) is 21.1. The SMILES string of the molecule is c1ccc(C2=NC(c3cccc4sc5ccccc5c34)=NC(c3cccc(-c4ccc5sc6c(ccc7c(-c8ccccc8)nc8ccccc8c76)c5c4)c3)N2)cc1. The summed E-state index contributed by atoms with van der Waals surface area (Å²) in [5.41, 5.74) is 8.64. The molecule has 272 valence electrons. The van der Waals surface area contributed by atoms with Crippen LogP contribution in [-0.4, -0.2) is 16.7 Å². The van der Waals surface area contributed by atoms with Crippen molar-refractivity contribution in [2.75, 3.05) is 0 Å². The van der Waals surface area contributed by atoms with E-state index in [0.29, 0.717) is 0 Å². The number of hydrogen-bond donors (Lipinski definition) is 1. The summed E-state index contributed by atoms with van der Waals surface area (Å²) in [6.45, 7) is 0. The first-order valence-electron chi connectivity index (χ1n) is 19.5. The highest BCUT2D eigenvalue weighted by molar-refractivity contribution is 7.27. The Labute approximate surface area is 342 Å². The number of hydrogen-bond acceptors (Lipinski definition) is 6. The van der Waals surface area contributed by atoms with Gasteiger partial charge >= 0.3 is 0 Å². The molecule has 0 spiro atoms. The van der Waals surface area contributed by atoms with Gasteiger partial charge in [0.15, 0.2) is 5.84 Å². The summed E-state index contributed by atoms with van der Waals surface area (Å²) in [5.74, 6) is 1.55. The van der Waals surface area contributed by atoms with Gasteiger partial charge in [0.2, 0.25) is 0 Å². The highest BCUT2D eigenvalue weighted by Crippen LogP contribution is 2.44. The van der Waals surface area contributed by atoms with Crippen molar-refractivity contribution in [1.82, 2.24) is 10.3 Å². The zero-order chi connectivity index (χ0) is 38.2. The molecule has 1 atom stereocenters. The van der Waals surface area contributed by atoms with Crippen LogP contribution in [0.3, 0.4) is 0 Å². The molecule has 0 bridgehead atoms. The summed E-state index contributed by atoms with van der Waals surface area (Å²) in [6, 6.07) is 64.9. The van der Waals surface area contributed by atoms with Gasteiger partial charge in [-0.05, 0) is 53.1 Å². The van der Waals surface area contributed by atoms with E-state index in [1.807, 2.05) is 28.7 Å². The van der Waals surface area contributed by atoms with Crippen molar-refractivity contribution in [2.45, 2.75) is 6.17 Å². The number of benzene rings is 8. The number of nitrogens with one attached hydrogen (secondary N) is 1. The molecule has 0 saturated heterocycles. The quantitative estimate of drug-likeness (QED) is 0.177. The molecule has 11 aromatic rings. The molecule has 0 fully saturated rings. The van der Waals surface area contributed by atoms with Gasteiger partial charge in [0.25, 0.3) is 0 Å². The Kier molecular flexibility index (Phi) is 7.61. The minimum Gasteiger partial charge on any atom is -0.344 e. The van der Waals surface area contributed by atoms with Crippen LogP contribution in [0, 0.1) is 0 Å². The maximum atomic E-state index is 5.35. The normalized spacial score (nSPS) is 14.4. The van der Waals surface area contributed by atoms with Gasteiger partial charge in [-0.1, -0.05) is 146 Å². The number of nitrogens with zero attached hydrogens (tertiary/aromatic N) is 3. The Morgan fingerprint density at radius 2 is 1.14 bits per heavy atom. The first-order chi connectivity index (χ1) is 28.7. The van der Waals surface area contributed by atoms with Crippen LogP contribution in [0.2, 0.25) is 0 Å². The number of fused-ring (bicyclic) bond motifs is 10. The average Bonchev–Trinajstić information content (AvgIpc) is 3.87. The van der Waals surface area contributed by atoms with E-state index < -0.39 is 0 Å². The number of para-hydroxylation sites is 1. The molecule has 6 heteroatoms. The summed E-state index contributed by atoms with van der Waals surface area (Å²) >= 11 is 3.68. The van der Waals surface area contributed by atoms with E-state index in [1.165, 1.54) is 62.1 Å². The molecule has 12 rings (SSSR count). The molecule has 1 unspecified atom stereocenters. The van der Waals surface area contributed by atoms with E-state index in [1.54, 1.807) is 0 Å². The summed E-state index contributed by atoms with van der Waals surface area (Å²) in [7, 11) is 0. The Morgan fingerprint density at radius 3 is 2.02 bits per heavy atom. The molecule has 4 heterocycles. The van der Waals surface area contributed by atoms with Crippen LogP contribution in [0.5, 0.6) is 0 Å². The minimum atomic E-state index is -0.333. The van der Waals surface area contributed by atoms with E-state index in [0.717, 1.165) is 50.7 Å². The molecule has 3 aromatic heterocycles. The molecule has 4 nitrogen and oxygen atoms in total. The van der Waals surface area contributed by atoms with Crippen molar-refractivity contribution < 1.29 is 0 Å². The Hall–Kier alpha value is -6.99. The number of aromatic nitrogens is 1. The second-order valence-corrected chi connectivity index (χ2v) is 16.9. The predicted octanol–water partition coefficient (Wildman–Crippen LogP) is 14.0. The third-order valence-corrected chi connectivity index (χ3v) is 13.7. The predicted molar refractivity (Wildman–Crippen MR) is 248 cm³/mol. The highest BCUT2D eigenvalue weighted by atomic mass is 32.1. The molecule has 0 amide bonds. The van der Waals surface area contributed by atoms with E-state index >= 15 is 0 Å². The zero-order valence-corrected chi connectivity index (χ0v) is 32.7. The van der Waals surface area contributed by atoms with E-state index in [2.05, 4.69) is 181 Å². The second kappa shape index (κ2) is 13.3. The topological polar surface area (TPSA) is 49.6 Å². The number of thiophene rings is 2. The van der Waals surface area contributed by atoms with Crippen molar-refractivity contribution in [3.8, 4) is 22.4 Å². The largest absolute Gasteiger partial charge is 0.344 e. The van der Waals surface area contributed by atoms with Gasteiger partial charge in [0.1, 0.15) is 12.0 Å². The van der Waals surface area contributed by atoms with Gasteiger partial charge < -0.3 is 5.32 Å². The van der Waals surface area contributed by atoms with Gasteiger partial charge in [-0.25, -0.2) is 15.0 Å². The van der Waals surface area contributed by atoms with Crippen LogP contribution >= 0.6 is 22.7 Å². The Bertz CT molecular complexity index is 3490. The molecule has 8 aromatic carbocycles. The maximum absolute atomic E-state index is 5.35. The summed E-state index contributed by atoms with van der Waals surface area (Å²) < 4.78 is 5.07. The molecule has 0 radical (unpaired) electrons. The van der Waals surface area contributed by atoms with Crippen LogP contribution in [-0.2, 0) is 0 Å². The van der Waals surface area contributed by atoms with Crippen molar-refractivity contribution >= 4 is 96.4 Å². The molecule has 1 N–H and O–H groups in total. The molecule has 1 aliphatic rings. The van der Waals surface area contributed by atoms with Crippen molar-refractivity contribution in [2.24, 2.45) is 9.98 Å². The molecule has 58 heavy (non-hydrogen) atoms. The zero-order valence-electron chi connectivity index (χ0n) is 31.1. The number of aliphatic imine (C=N–C) groups is 2. The van der Waals surface area contributed by atoms with Crippen molar-refractivity contribution in [1.29, 1.82) is 0 Å². The van der Waals surface area contributed by atoms with Gasteiger partial charge in [-0.2, -0.15) is 0 Å². The number of rotatable bonds is 5. The third-order valence-electron chi connectivity index (χ3n) is 11.3. The summed E-state index contributed by atoms with van der Waals surface area (Å²) in [6.07, 6.45) is -0.333. The molecule has 1 aliphatic heterocycles. The van der Waals surface area contributed by atoms with Crippen LogP contribution in [0.25, 0.3) is 84.4 Å². The molecule has 0 saturated carbocycles. The molecular formula is C52H32N4S2. The van der Waals surface area contributed by atoms with Gasteiger partial charge in [0.05, 0.1) is 11.2 Å². The van der Waals surface area contributed by atoms with Crippen LogP contribution in [0.1, 0.15) is 22.9 Å². The Morgan fingerprint density at radius 1 is 0.448 bits per heavy atom. The highest BCUT2D eigenvalue weighted by Gasteiger charge is 2.24. The first kappa shape index (κ1) is 33.2. The van der Waals surface area contributed by atoms with Gasteiger partial charge in [-0.15, -0.1) is 22.7 Å². The maximum Gasteiger partial charge on any atom is 0.160 e. The smallest absolute Gasteiger partial charge is 0.160 e. The number of pyridine rings is 1.